The molecule has 824 valence electrons. The third-order valence-electron chi connectivity index (χ3n) is 23.2. The summed E-state index contributed by atoms with van der Waals surface area (Å²) >= 11 is 0. The highest BCUT2D eigenvalue weighted by Gasteiger charge is 2.39. The Morgan fingerprint density at radius 2 is 0.399 bits per heavy atom. The van der Waals surface area contributed by atoms with Gasteiger partial charge in [-0.25, -0.2) is 0 Å². The first-order valence-electron chi connectivity index (χ1n) is 54.2. The van der Waals surface area contributed by atoms with Crippen molar-refractivity contribution in [3.8, 4) is 0 Å². The van der Waals surface area contributed by atoms with E-state index in [0.717, 1.165) is 161 Å². The Morgan fingerprint density at radius 1 is 0.196 bits per heavy atom. The van der Waals surface area contributed by atoms with Gasteiger partial charge >= 0.3 is 35.8 Å². The Labute approximate surface area is 886 Å². The maximum atomic E-state index is 10.4. The molecule has 18 unspecified atom stereocenters. The van der Waals surface area contributed by atoms with E-state index in [0.29, 0.717) is 131 Å². The normalized spacial score (nSPS) is 22.1. The molecule has 6 aliphatic rings. The average molecular weight is 2060 g/mol. The molecule has 0 aliphatic carbocycles. The fourth-order valence-corrected chi connectivity index (χ4v) is 14.1. The minimum Gasteiger partial charge on any atom is -0.481 e. The molecule has 0 saturated carbocycles. The van der Waals surface area contributed by atoms with E-state index < -0.39 is 72.4 Å². The van der Waals surface area contributed by atoms with Gasteiger partial charge in [-0.15, -0.1) is 0 Å². The molecular weight excluding hydrogens is 1870 g/mol. The summed E-state index contributed by atoms with van der Waals surface area (Å²) in [6, 6.07) is 0. The van der Waals surface area contributed by atoms with E-state index in [4.69, 9.17) is 59.1 Å². The van der Waals surface area contributed by atoms with Crippen LogP contribution in [0.3, 0.4) is 0 Å². The van der Waals surface area contributed by atoms with Crippen molar-refractivity contribution in [2.24, 2.45) is 0 Å². The molecule has 12 N–H and O–H groups in total. The van der Waals surface area contributed by atoms with Crippen LogP contribution in [-0.2, 0) is 57.2 Å². The van der Waals surface area contributed by atoms with Crippen molar-refractivity contribution in [2.75, 3.05) is 0 Å². The summed E-state index contributed by atoms with van der Waals surface area (Å²) in [5.74, 6) is -4.75. The lowest BCUT2D eigenvalue weighted by Gasteiger charge is -2.02. The van der Waals surface area contributed by atoms with Gasteiger partial charge in [0.25, 0.3) is 0 Å². The summed E-state index contributed by atoms with van der Waals surface area (Å²) < 4.78 is 32.7. The molecule has 0 amide bonds. The van der Waals surface area contributed by atoms with E-state index in [-0.39, 0.29) is 51.0 Å². The molecule has 6 aliphatic heterocycles. The third kappa shape index (κ3) is 94.1. The van der Waals surface area contributed by atoms with Gasteiger partial charge in [0.05, 0.1) is 110 Å². The highest BCUT2D eigenvalue weighted by Crippen LogP contribution is 2.33. The number of hydrogen-bond donors (Lipinski definition) is 12. The molecule has 0 spiro atoms. The smallest absolute Gasteiger partial charge is 0.303 e. The minimum atomic E-state index is -0.888. The predicted molar refractivity (Wildman–Crippen MR) is 599 cm³/mol. The summed E-state index contributed by atoms with van der Waals surface area (Å²) in [5.41, 5.74) is 0. The average Bonchev–Trinajstić information content (AvgIpc) is 1.75. The summed E-state index contributed by atoms with van der Waals surface area (Å²) in [6.45, 7) is 12.8. The van der Waals surface area contributed by atoms with Crippen LogP contribution in [0.4, 0.5) is 0 Å². The van der Waals surface area contributed by atoms with Gasteiger partial charge in [0, 0.05) is 44.9 Å². The van der Waals surface area contributed by atoms with Gasteiger partial charge in [-0.3, -0.25) is 28.8 Å². The largest absolute Gasteiger partial charge is 0.481 e. The second kappa shape index (κ2) is 96.2. The highest BCUT2D eigenvalue weighted by molar-refractivity contribution is 5.68. The molecule has 6 rings (SSSR count). The van der Waals surface area contributed by atoms with Crippen LogP contribution in [0.2, 0.25) is 0 Å². The van der Waals surface area contributed by atoms with Crippen LogP contribution in [0, 0.1) is 0 Å². The standard InChI is InChI=1S/2C22H32O4.4C20H30O4/c1-2-20-21(26-20)17-13-9-7-5-3-4-6-8-11-15-19(23)16-12-10-14-18-22(24)25;1-2-20-21(26-20)16-14-12-10-8-6-4-3-5-7-9-11-13-15-19(23)17-18-22(24)25;1-2-18-19(24-18)15-11-6-4-3-5-9-13-17(21)14-10-7-8-12-16-20(22)23;1-2-18-19(24-18)15-12-11-14-17(21)13-9-7-5-3-4-6-8-10-16-20(22)23;1-2-18-19(24-18)15-11-9-7-5-3-4-6-8-10-13-17(21)14-12-16-20(22)23;1-2-18-19(24-18)16-17(21)14-12-10-8-6-4-3-5-7-9-11-13-15-20(22)23/h3,5-6,8-13,15,19-21,23H,2,4,7,14,16-18H2,1H3,(H,24,25);3,5-6,8-9,11-15,19-21,23H,2,4,7,10,16-18H2,1H3,(H,24,25);3,5-7,9-11,13,17-19,21H,2,4,8,12,14-16H2,1H3,(H,22,23);4-7,9,11-13,17-19,21H,2-3,8,10,14-16H2,1H3,(H,22,23);3,5-6,8-11,13,17-19,21H,2,4,7,12,14-16H2,1H3,(H,22,23);3-4,7-10,12,14,17-19,21H,2,5-6,11,13,15-16H2,1H3,(H,22,23)/b5-3-,8-6-,12-10-,13-9-,15-11+;5-3-,8-6-,11-9-,14-12-,15-13+;5-3-,10-7-,11-6-,13-9-;6-4-,7-5-,12-11-,13-9-;5-3-,8-6-,11-9-,13-10+;4-3-,9-7-,10-8-,14-12+. The van der Waals surface area contributed by atoms with Crippen LogP contribution in [-0.4, -0.2) is 207 Å². The molecule has 0 aromatic rings. The van der Waals surface area contributed by atoms with Crippen molar-refractivity contribution < 1.29 is 118 Å². The van der Waals surface area contributed by atoms with Crippen LogP contribution < -0.4 is 0 Å². The molecule has 24 heteroatoms. The van der Waals surface area contributed by atoms with Crippen molar-refractivity contribution in [3.05, 3.63) is 316 Å². The zero-order chi connectivity index (χ0) is 109. The van der Waals surface area contributed by atoms with Gasteiger partial charge in [0.2, 0.25) is 0 Å². The molecule has 0 bridgehead atoms. The molecule has 6 saturated heterocycles. The Balaban J connectivity index is 0.000000888. The maximum Gasteiger partial charge on any atom is 0.303 e. The molecule has 6 fully saturated rings. The lowest BCUT2D eigenvalue weighted by molar-refractivity contribution is -0.138. The first-order valence-corrected chi connectivity index (χ1v) is 54.2. The lowest BCUT2D eigenvalue weighted by Crippen LogP contribution is -2.07. The minimum absolute atomic E-state index is 0.0183. The van der Waals surface area contributed by atoms with Crippen molar-refractivity contribution in [1.29, 1.82) is 0 Å². The number of allylic oxidation sites excluding steroid dienone is 38. The number of carboxylic acid groups (broad SMARTS) is 6. The maximum absolute atomic E-state index is 10.4. The summed E-state index contributed by atoms with van der Waals surface area (Å²) in [4.78, 5) is 62.1. The van der Waals surface area contributed by atoms with E-state index in [1.165, 1.54) is 0 Å². The highest BCUT2D eigenvalue weighted by atomic mass is 16.6. The van der Waals surface area contributed by atoms with Crippen LogP contribution in [0.5, 0.6) is 0 Å². The molecule has 6 heterocycles. The lowest BCUT2D eigenvalue weighted by atomic mass is 10.1. The fourth-order valence-electron chi connectivity index (χ4n) is 14.1. The van der Waals surface area contributed by atoms with E-state index in [9.17, 15) is 59.4 Å². The molecule has 0 radical (unpaired) electrons. The van der Waals surface area contributed by atoms with Crippen LogP contribution in [0.1, 0.15) is 311 Å². The second-order valence-corrected chi connectivity index (χ2v) is 36.3. The van der Waals surface area contributed by atoms with Gasteiger partial charge in [-0.05, 0) is 225 Å². The van der Waals surface area contributed by atoms with Gasteiger partial charge in [-0.2, -0.15) is 0 Å². The molecule has 0 aromatic heterocycles. The molecule has 148 heavy (non-hydrogen) atoms. The number of epoxide rings is 6. The van der Waals surface area contributed by atoms with Crippen molar-refractivity contribution in [3.63, 3.8) is 0 Å². The van der Waals surface area contributed by atoms with Crippen molar-refractivity contribution in [1.82, 2.24) is 0 Å². The van der Waals surface area contributed by atoms with Gasteiger partial charge < -0.3 is 89.7 Å². The van der Waals surface area contributed by atoms with Crippen molar-refractivity contribution >= 4 is 35.8 Å². The second-order valence-electron chi connectivity index (χ2n) is 36.3. The Kier molecular flexibility index (Phi) is 88.1. The number of hydrogen-bond acceptors (Lipinski definition) is 18. The van der Waals surface area contributed by atoms with E-state index in [1.54, 1.807) is 54.7 Å². The Morgan fingerprint density at radius 3 is 0.662 bits per heavy atom. The van der Waals surface area contributed by atoms with Crippen molar-refractivity contribution in [2.45, 2.75) is 421 Å². The van der Waals surface area contributed by atoms with Crippen LogP contribution in [0.25, 0.3) is 0 Å². The number of aliphatic carboxylic acids is 6. The predicted octanol–water partition coefficient (Wildman–Crippen LogP) is 26.2. The fraction of sp³-hybridized carbons (Fsp3) is 0.532. The molecule has 18 atom stereocenters. The Bertz CT molecular complexity index is 4290. The van der Waals surface area contributed by atoms with Gasteiger partial charge in [0.15, 0.2) is 0 Å². The summed E-state index contributed by atoms with van der Waals surface area (Å²) in [6.07, 6.45) is 136. The van der Waals surface area contributed by atoms with E-state index in [1.807, 2.05) is 140 Å². The van der Waals surface area contributed by atoms with Crippen LogP contribution >= 0.6 is 0 Å². The quantitative estimate of drug-likeness (QED) is 0.0116. The number of carboxylic acids is 6. The number of carbonyl (C=O) groups is 6. The zero-order valence-corrected chi connectivity index (χ0v) is 89.4. The first-order chi connectivity index (χ1) is 71.8. The Hall–Kier alpha value is -10.4. The monoisotopic (exact) mass is 2060 g/mol. The topological polar surface area (TPSA) is 420 Å². The number of aliphatic hydroxyl groups is 6. The summed E-state index contributed by atoms with van der Waals surface area (Å²) in [5, 5.41) is 109. The van der Waals surface area contributed by atoms with E-state index in [2.05, 4.69) is 163 Å². The first kappa shape index (κ1) is 136. The zero-order valence-electron chi connectivity index (χ0n) is 89.4. The number of ether oxygens (including phenoxy) is 6. The number of aliphatic hydroxyl groups excluding tert-OH is 6. The molecular formula is C124H184O24. The number of unbranched alkanes of at least 4 members (excludes halogenated alkanes) is 3. The van der Waals surface area contributed by atoms with E-state index >= 15 is 0 Å². The van der Waals surface area contributed by atoms with Gasteiger partial charge in [-0.1, -0.05) is 357 Å². The van der Waals surface area contributed by atoms with Crippen LogP contribution in [0.15, 0.2) is 316 Å². The summed E-state index contributed by atoms with van der Waals surface area (Å²) in [7, 11) is 0. The SMILES string of the molecule is CCC1OC1C/C=C\C/C=C\C/C=C\C/C=C\C=C\C(O)CCC(=O)O.CCC1OC1C/C=C\C/C=C\C/C=C\C=C\C(O)C/C=C\CCC(=O)O.CCC1OC1C/C=C\C/C=C\C/C=C\C=C\C(O)CCCC(=O)O.CCC1OC1C/C=C\C/C=C\C=C/C(O)C/C=C\CCCC(=O)O.CCC1OC1C/C=C\CC(O)/C=C\C=C/C/C=C\CCCC(=O)O.CCC1OC1CC(O)/C=C/C=C\C/C=C\C/C=C\CCCC(=O)O. The molecule has 0 aromatic carbocycles. The third-order valence-corrected chi connectivity index (χ3v) is 23.2. The van der Waals surface area contributed by atoms with Gasteiger partial charge in [0.1, 0.15) is 0 Å². The molecule has 24 nitrogen and oxygen atoms in total. The number of rotatable bonds is 80.